The highest BCUT2D eigenvalue weighted by Gasteiger charge is 2.21. The highest BCUT2D eigenvalue weighted by molar-refractivity contribution is 6.76. The van der Waals surface area contributed by atoms with Gasteiger partial charge in [0.05, 0.1) is 0 Å². The number of carboxylic acid groups (broad SMARTS) is 1. The first-order valence-electron chi connectivity index (χ1n) is 9.04. The van der Waals surface area contributed by atoms with Gasteiger partial charge < -0.3 is 19.3 Å². The van der Waals surface area contributed by atoms with E-state index in [-0.39, 0.29) is 6.79 Å². The summed E-state index contributed by atoms with van der Waals surface area (Å²) in [7, 11) is -1.17. The first kappa shape index (κ1) is 21.2. The highest BCUT2D eigenvalue weighted by Crippen LogP contribution is 2.22. The monoisotopic (exact) mass is 388 g/mol. The lowest BCUT2D eigenvalue weighted by Gasteiger charge is -2.17. The highest BCUT2D eigenvalue weighted by atomic mass is 28.3. The molecule has 0 bridgehead atoms. The molecule has 0 amide bonds. The Morgan fingerprint density at radius 2 is 1.70 bits per heavy atom. The maximum absolute atomic E-state index is 11.5. The van der Waals surface area contributed by atoms with Crippen LogP contribution in [0.2, 0.25) is 25.7 Å². The van der Waals surface area contributed by atoms with Crippen molar-refractivity contribution in [2.45, 2.75) is 38.4 Å². The van der Waals surface area contributed by atoms with E-state index in [4.69, 9.17) is 14.2 Å². The first-order chi connectivity index (χ1) is 12.8. The minimum atomic E-state index is -1.17. The van der Waals surface area contributed by atoms with Gasteiger partial charge in [-0.15, -0.1) is 0 Å². The number of rotatable bonds is 11. The van der Waals surface area contributed by atoms with E-state index in [2.05, 4.69) is 19.6 Å². The van der Waals surface area contributed by atoms with Gasteiger partial charge in [-0.2, -0.15) is 0 Å². The lowest BCUT2D eigenvalue weighted by Crippen LogP contribution is -2.23. The second-order valence-corrected chi connectivity index (χ2v) is 13.2. The average Bonchev–Trinajstić information content (AvgIpc) is 2.63. The van der Waals surface area contributed by atoms with Crippen LogP contribution in [-0.2, 0) is 20.9 Å². The van der Waals surface area contributed by atoms with Crippen LogP contribution in [0.3, 0.4) is 0 Å². The van der Waals surface area contributed by atoms with Gasteiger partial charge >= 0.3 is 5.97 Å². The molecule has 0 unspecified atom stereocenters. The Kier molecular flexibility index (Phi) is 8.03. The zero-order valence-electron chi connectivity index (χ0n) is 16.2. The van der Waals surface area contributed by atoms with Crippen LogP contribution in [0.15, 0.2) is 54.6 Å². The molecule has 27 heavy (non-hydrogen) atoms. The summed E-state index contributed by atoms with van der Waals surface area (Å²) in [5, 5.41) is 9.43. The van der Waals surface area contributed by atoms with Crippen LogP contribution in [0.4, 0.5) is 0 Å². The van der Waals surface area contributed by atoms with Crippen LogP contribution in [0.25, 0.3) is 0 Å². The standard InChI is InChI=1S/C21H28O5Si/c1-27(2,3)14-13-24-16-26-20(21(22)23)18-9-11-19(12-10-18)25-15-17-7-5-4-6-8-17/h4-12,20H,13-16H2,1-3H3,(H,22,23)/t20-/m1/s1. The molecule has 0 saturated heterocycles. The Hall–Kier alpha value is -2.15. The molecule has 0 aliphatic rings. The van der Waals surface area contributed by atoms with Gasteiger partial charge in [0.25, 0.3) is 0 Å². The van der Waals surface area contributed by atoms with E-state index in [0.29, 0.717) is 24.5 Å². The number of carboxylic acids is 1. The van der Waals surface area contributed by atoms with E-state index >= 15 is 0 Å². The van der Waals surface area contributed by atoms with Crippen molar-refractivity contribution in [1.29, 1.82) is 0 Å². The van der Waals surface area contributed by atoms with Crippen molar-refractivity contribution in [2.75, 3.05) is 13.4 Å². The third kappa shape index (κ3) is 7.95. The van der Waals surface area contributed by atoms with E-state index in [1.165, 1.54) is 0 Å². The Bertz CT molecular complexity index is 695. The average molecular weight is 389 g/mol. The van der Waals surface area contributed by atoms with Crippen molar-refractivity contribution >= 4 is 14.0 Å². The fourth-order valence-electron chi connectivity index (χ4n) is 2.34. The number of benzene rings is 2. The van der Waals surface area contributed by atoms with Crippen molar-refractivity contribution in [1.82, 2.24) is 0 Å². The SMILES string of the molecule is C[Si](C)(C)CCOCO[C@@H](C(=O)O)c1ccc(OCc2ccccc2)cc1. The predicted octanol–water partition coefficient (Wildman–Crippen LogP) is 4.72. The third-order valence-corrected chi connectivity index (χ3v) is 5.67. The second kappa shape index (κ2) is 10.3. The van der Waals surface area contributed by atoms with Crippen molar-refractivity contribution < 1.29 is 24.1 Å². The van der Waals surface area contributed by atoms with Crippen molar-refractivity contribution in [2.24, 2.45) is 0 Å². The molecule has 0 fully saturated rings. The molecule has 0 aliphatic heterocycles. The zero-order chi connectivity index (χ0) is 19.7. The second-order valence-electron chi connectivity index (χ2n) is 7.57. The molecule has 5 nitrogen and oxygen atoms in total. The van der Waals surface area contributed by atoms with Gasteiger partial charge in [-0.05, 0) is 29.3 Å². The normalized spacial score (nSPS) is 12.6. The van der Waals surface area contributed by atoms with Gasteiger partial charge in [0, 0.05) is 14.7 Å². The van der Waals surface area contributed by atoms with Crippen LogP contribution in [0.1, 0.15) is 17.2 Å². The first-order valence-corrected chi connectivity index (χ1v) is 12.7. The summed E-state index contributed by atoms with van der Waals surface area (Å²) >= 11 is 0. The number of hydrogen-bond acceptors (Lipinski definition) is 4. The molecule has 0 saturated carbocycles. The Balaban J connectivity index is 1.84. The van der Waals surface area contributed by atoms with E-state index < -0.39 is 20.1 Å². The van der Waals surface area contributed by atoms with Gasteiger partial charge in [-0.25, -0.2) is 4.79 Å². The number of hydrogen-bond donors (Lipinski definition) is 1. The van der Waals surface area contributed by atoms with Gasteiger partial charge in [-0.1, -0.05) is 62.1 Å². The summed E-state index contributed by atoms with van der Waals surface area (Å²) in [6.07, 6.45) is -1.06. The molecule has 2 aromatic rings. The summed E-state index contributed by atoms with van der Waals surface area (Å²) in [6, 6.07) is 17.8. The fourth-order valence-corrected chi connectivity index (χ4v) is 3.10. The van der Waals surface area contributed by atoms with Crippen LogP contribution in [0, 0.1) is 0 Å². The van der Waals surface area contributed by atoms with Crippen LogP contribution < -0.4 is 4.74 Å². The summed E-state index contributed by atoms with van der Waals surface area (Å²) in [6.45, 7) is 7.81. The number of ether oxygens (including phenoxy) is 3. The van der Waals surface area contributed by atoms with E-state index in [1.54, 1.807) is 24.3 Å². The van der Waals surface area contributed by atoms with Gasteiger partial charge in [-0.3, -0.25) is 0 Å². The summed E-state index contributed by atoms with van der Waals surface area (Å²) in [5.74, 6) is -0.361. The van der Waals surface area contributed by atoms with E-state index in [0.717, 1.165) is 11.6 Å². The van der Waals surface area contributed by atoms with E-state index in [1.807, 2.05) is 30.3 Å². The summed E-state index contributed by atoms with van der Waals surface area (Å²) < 4.78 is 16.6. The Morgan fingerprint density at radius 1 is 1.04 bits per heavy atom. The molecule has 2 rings (SSSR count). The van der Waals surface area contributed by atoms with E-state index in [9.17, 15) is 9.90 Å². The molecule has 0 radical (unpaired) electrons. The summed E-state index contributed by atoms with van der Waals surface area (Å²) in [5.41, 5.74) is 1.63. The molecule has 0 aliphatic carbocycles. The third-order valence-electron chi connectivity index (χ3n) is 3.97. The zero-order valence-corrected chi connectivity index (χ0v) is 17.2. The lowest BCUT2D eigenvalue weighted by atomic mass is 10.1. The minimum Gasteiger partial charge on any atom is -0.489 e. The minimum absolute atomic E-state index is 0.0340. The largest absolute Gasteiger partial charge is 0.489 e. The van der Waals surface area contributed by atoms with Gasteiger partial charge in [0.2, 0.25) is 0 Å². The number of aliphatic carboxylic acids is 1. The maximum Gasteiger partial charge on any atom is 0.337 e. The molecule has 0 aromatic heterocycles. The molecule has 0 spiro atoms. The molecule has 6 heteroatoms. The van der Waals surface area contributed by atoms with Crippen LogP contribution in [-0.4, -0.2) is 32.5 Å². The Labute approximate surface area is 161 Å². The molecular formula is C21H28O5Si. The maximum atomic E-state index is 11.5. The van der Waals surface area contributed by atoms with Crippen molar-refractivity contribution in [3.05, 3.63) is 65.7 Å². The number of carbonyl (C=O) groups is 1. The lowest BCUT2D eigenvalue weighted by molar-refractivity contribution is -0.161. The topological polar surface area (TPSA) is 65.0 Å². The van der Waals surface area contributed by atoms with Gasteiger partial charge in [0.15, 0.2) is 6.10 Å². The smallest absolute Gasteiger partial charge is 0.337 e. The van der Waals surface area contributed by atoms with Crippen LogP contribution >= 0.6 is 0 Å². The van der Waals surface area contributed by atoms with Gasteiger partial charge in [0.1, 0.15) is 19.1 Å². The predicted molar refractivity (Wildman–Crippen MR) is 108 cm³/mol. The molecule has 1 N–H and O–H groups in total. The van der Waals surface area contributed by atoms with Crippen molar-refractivity contribution in [3.8, 4) is 5.75 Å². The summed E-state index contributed by atoms with van der Waals surface area (Å²) in [4.78, 5) is 11.5. The molecule has 1 atom stereocenters. The molecule has 2 aromatic carbocycles. The molecule has 0 heterocycles. The molecule has 146 valence electrons. The fraction of sp³-hybridized carbons (Fsp3) is 0.381. The Morgan fingerprint density at radius 3 is 2.30 bits per heavy atom. The van der Waals surface area contributed by atoms with Crippen molar-refractivity contribution in [3.63, 3.8) is 0 Å². The molecular weight excluding hydrogens is 360 g/mol. The van der Waals surface area contributed by atoms with Crippen LogP contribution in [0.5, 0.6) is 5.75 Å². The quantitative estimate of drug-likeness (QED) is 0.343.